The zero-order chi connectivity index (χ0) is 17.9. The number of fused-ring (bicyclic) bond motifs is 1. The van der Waals surface area contributed by atoms with E-state index in [1.54, 1.807) is 7.11 Å². The van der Waals surface area contributed by atoms with E-state index in [0.717, 1.165) is 43.8 Å². The maximum absolute atomic E-state index is 5.24. The van der Waals surface area contributed by atoms with Gasteiger partial charge in [-0.25, -0.2) is 0 Å². The van der Waals surface area contributed by atoms with Crippen LogP contribution in [0.2, 0.25) is 0 Å². The number of halogens is 1. The van der Waals surface area contributed by atoms with Crippen LogP contribution in [0.1, 0.15) is 0 Å². The van der Waals surface area contributed by atoms with Crippen molar-refractivity contribution in [3.05, 3.63) is 77.3 Å². The summed E-state index contributed by atoms with van der Waals surface area (Å²) in [7, 11) is 1.66. The number of nitrogens with one attached hydrogen (secondary N) is 1. The Morgan fingerprint density at radius 1 is 0.808 bits per heavy atom. The van der Waals surface area contributed by atoms with Crippen molar-refractivity contribution in [2.24, 2.45) is 0 Å². The van der Waals surface area contributed by atoms with Gasteiger partial charge in [0.2, 0.25) is 0 Å². The van der Waals surface area contributed by atoms with Crippen LogP contribution >= 0.6 is 15.9 Å². The zero-order valence-corrected chi connectivity index (χ0v) is 15.7. The van der Waals surface area contributed by atoms with E-state index in [1.165, 1.54) is 0 Å². The fourth-order valence-corrected chi connectivity index (χ4v) is 3.09. The molecular weight excluding hydrogens is 390 g/mol. The molecule has 1 N–H and O–H groups in total. The summed E-state index contributed by atoms with van der Waals surface area (Å²) < 4.78 is 6.27. The van der Waals surface area contributed by atoms with Crippen LogP contribution in [0.4, 0.5) is 11.5 Å². The summed E-state index contributed by atoms with van der Waals surface area (Å²) in [5.74, 6) is 1.56. The van der Waals surface area contributed by atoms with Crippen LogP contribution in [0, 0.1) is 0 Å². The van der Waals surface area contributed by atoms with E-state index >= 15 is 0 Å². The highest BCUT2D eigenvalue weighted by atomic mass is 79.9. The molecule has 0 unspecified atom stereocenters. The van der Waals surface area contributed by atoms with Gasteiger partial charge in [0.25, 0.3) is 0 Å². The molecule has 4 aromatic rings. The van der Waals surface area contributed by atoms with Crippen molar-refractivity contribution in [1.29, 1.82) is 0 Å². The number of ether oxygens (including phenoxy) is 1. The van der Waals surface area contributed by atoms with Gasteiger partial charge in [-0.2, -0.15) is 0 Å². The highest BCUT2D eigenvalue weighted by molar-refractivity contribution is 9.10. The molecule has 0 bridgehead atoms. The van der Waals surface area contributed by atoms with E-state index in [-0.39, 0.29) is 0 Å². The molecule has 3 aromatic carbocycles. The molecule has 5 heteroatoms. The SMILES string of the molecule is COc1ccc(-c2nnc(Nc3ccc(Br)cc3)c3ccccc23)cc1. The van der Waals surface area contributed by atoms with Gasteiger partial charge in [-0.05, 0) is 48.5 Å². The van der Waals surface area contributed by atoms with Gasteiger partial charge in [0.05, 0.1) is 7.11 Å². The molecule has 0 aliphatic heterocycles. The Balaban J connectivity index is 1.78. The molecule has 1 heterocycles. The molecule has 0 atom stereocenters. The van der Waals surface area contributed by atoms with E-state index in [9.17, 15) is 0 Å². The van der Waals surface area contributed by atoms with Crippen molar-refractivity contribution in [3.8, 4) is 17.0 Å². The average molecular weight is 406 g/mol. The fourth-order valence-electron chi connectivity index (χ4n) is 2.83. The monoisotopic (exact) mass is 405 g/mol. The number of methoxy groups -OCH3 is 1. The summed E-state index contributed by atoms with van der Waals surface area (Å²) >= 11 is 3.45. The van der Waals surface area contributed by atoms with Crippen molar-refractivity contribution in [3.63, 3.8) is 0 Å². The van der Waals surface area contributed by atoms with Gasteiger partial charge in [0.1, 0.15) is 11.4 Å². The average Bonchev–Trinajstić information content (AvgIpc) is 2.70. The first kappa shape index (κ1) is 16.5. The quantitative estimate of drug-likeness (QED) is 0.465. The summed E-state index contributed by atoms with van der Waals surface area (Å²) in [6.45, 7) is 0. The molecule has 128 valence electrons. The maximum atomic E-state index is 5.24. The van der Waals surface area contributed by atoms with Gasteiger partial charge in [0, 0.05) is 26.5 Å². The molecular formula is C21H16BrN3O. The predicted molar refractivity (Wildman–Crippen MR) is 109 cm³/mol. The standard InChI is InChI=1S/C21H16BrN3O/c1-26-17-12-6-14(7-13-17)20-18-4-2-3-5-19(18)21(25-24-20)23-16-10-8-15(22)9-11-16/h2-13H,1H3,(H,23,25). The van der Waals surface area contributed by atoms with Crippen LogP contribution in [-0.2, 0) is 0 Å². The highest BCUT2D eigenvalue weighted by Gasteiger charge is 2.11. The van der Waals surface area contributed by atoms with Crippen molar-refractivity contribution in [2.75, 3.05) is 12.4 Å². The second-order valence-corrected chi connectivity index (χ2v) is 6.72. The van der Waals surface area contributed by atoms with Crippen molar-refractivity contribution in [1.82, 2.24) is 10.2 Å². The van der Waals surface area contributed by atoms with Crippen molar-refractivity contribution in [2.45, 2.75) is 0 Å². The highest BCUT2D eigenvalue weighted by Crippen LogP contribution is 2.31. The van der Waals surface area contributed by atoms with Gasteiger partial charge in [-0.1, -0.05) is 40.2 Å². The van der Waals surface area contributed by atoms with Crippen LogP contribution < -0.4 is 10.1 Å². The number of hydrogen-bond acceptors (Lipinski definition) is 4. The summed E-state index contributed by atoms with van der Waals surface area (Å²) in [6.07, 6.45) is 0. The van der Waals surface area contributed by atoms with Crippen LogP contribution in [0.15, 0.2) is 77.3 Å². The molecule has 1 aromatic heterocycles. The number of nitrogens with zero attached hydrogens (tertiary/aromatic N) is 2. The van der Waals surface area contributed by atoms with Crippen molar-refractivity contribution >= 4 is 38.2 Å². The van der Waals surface area contributed by atoms with Crippen LogP contribution in [0.5, 0.6) is 5.75 Å². The smallest absolute Gasteiger partial charge is 0.161 e. The lowest BCUT2D eigenvalue weighted by molar-refractivity contribution is 0.415. The summed E-state index contributed by atoms with van der Waals surface area (Å²) in [5, 5.41) is 14.4. The summed E-state index contributed by atoms with van der Waals surface area (Å²) in [5.41, 5.74) is 2.82. The van der Waals surface area contributed by atoms with E-state index in [4.69, 9.17) is 4.74 Å². The Hall–Kier alpha value is -2.92. The first-order chi connectivity index (χ1) is 12.7. The third-order valence-electron chi connectivity index (χ3n) is 4.16. The zero-order valence-electron chi connectivity index (χ0n) is 14.1. The molecule has 0 saturated heterocycles. The normalized spacial score (nSPS) is 10.7. The summed E-state index contributed by atoms with van der Waals surface area (Å²) in [4.78, 5) is 0. The molecule has 26 heavy (non-hydrogen) atoms. The first-order valence-corrected chi connectivity index (χ1v) is 8.96. The van der Waals surface area contributed by atoms with Gasteiger partial charge < -0.3 is 10.1 Å². The van der Waals surface area contributed by atoms with Gasteiger partial charge in [-0.3, -0.25) is 0 Å². The molecule has 4 rings (SSSR count). The Morgan fingerprint density at radius 3 is 2.19 bits per heavy atom. The Bertz CT molecular complexity index is 1050. The first-order valence-electron chi connectivity index (χ1n) is 8.17. The molecule has 0 amide bonds. The molecule has 0 saturated carbocycles. The third kappa shape index (κ3) is 3.26. The van der Waals surface area contributed by atoms with Gasteiger partial charge in [-0.15, -0.1) is 10.2 Å². The lowest BCUT2D eigenvalue weighted by Gasteiger charge is -2.11. The molecule has 0 fully saturated rings. The Kier molecular flexibility index (Phi) is 4.54. The van der Waals surface area contributed by atoms with Crippen LogP contribution in [0.3, 0.4) is 0 Å². The van der Waals surface area contributed by atoms with E-state index in [2.05, 4.69) is 43.6 Å². The second-order valence-electron chi connectivity index (χ2n) is 5.80. The minimum absolute atomic E-state index is 0.736. The largest absolute Gasteiger partial charge is 0.497 e. The number of anilines is 2. The minimum atomic E-state index is 0.736. The third-order valence-corrected chi connectivity index (χ3v) is 4.69. The van der Waals surface area contributed by atoms with E-state index in [1.807, 2.05) is 60.7 Å². The number of hydrogen-bond donors (Lipinski definition) is 1. The second kappa shape index (κ2) is 7.14. The molecule has 0 aliphatic rings. The number of aromatic nitrogens is 2. The number of benzene rings is 3. The lowest BCUT2D eigenvalue weighted by Crippen LogP contribution is -1.99. The topological polar surface area (TPSA) is 47.0 Å². The molecule has 0 aliphatic carbocycles. The molecule has 0 radical (unpaired) electrons. The van der Waals surface area contributed by atoms with E-state index < -0.39 is 0 Å². The lowest BCUT2D eigenvalue weighted by atomic mass is 10.0. The fraction of sp³-hybridized carbons (Fsp3) is 0.0476. The van der Waals surface area contributed by atoms with Gasteiger partial charge in [0.15, 0.2) is 5.82 Å². The van der Waals surface area contributed by atoms with Gasteiger partial charge >= 0.3 is 0 Å². The maximum Gasteiger partial charge on any atom is 0.161 e. The molecule has 4 nitrogen and oxygen atoms in total. The predicted octanol–water partition coefficient (Wildman–Crippen LogP) is 5.81. The summed E-state index contributed by atoms with van der Waals surface area (Å²) in [6, 6.07) is 24.0. The molecule has 0 spiro atoms. The Morgan fingerprint density at radius 2 is 1.50 bits per heavy atom. The van der Waals surface area contributed by atoms with Crippen LogP contribution in [-0.4, -0.2) is 17.3 Å². The van der Waals surface area contributed by atoms with Crippen LogP contribution in [0.25, 0.3) is 22.0 Å². The number of rotatable bonds is 4. The van der Waals surface area contributed by atoms with E-state index in [0.29, 0.717) is 0 Å². The van der Waals surface area contributed by atoms with Crippen molar-refractivity contribution < 1.29 is 4.74 Å². The Labute approximate surface area is 160 Å². The minimum Gasteiger partial charge on any atom is -0.497 e.